The summed E-state index contributed by atoms with van der Waals surface area (Å²) < 4.78 is 12.1. The number of ether oxygens (including phenoxy) is 2. The molecule has 0 aromatic rings. The molecule has 2 N–H and O–H groups in total. The van der Waals surface area contributed by atoms with Crippen molar-refractivity contribution in [3.63, 3.8) is 0 Å². The van der Waals surface area contributed by atoms with Crippen LogP contribution in [-0.4, -0.2) is 46.4 Å². The summed E-state index contributed by atoms with van der Waals surface area (Å²) in [6.07, 6.45) is 14.2. The molecule has 4 saturated carbocycles. The number of aliphatic carboxylic acids is 1. The Bertz CT molecular complexity index is 1390. The molecular formula is C41H62O7. The van der Waals surface area contributed by atoms with Gasteiger partial charge in [0, 0.05) is 24.3 Å². The van der Waals surface area contributed by atoms with E-state index in [1.807, 2.05) is 26.0 Å². The van der Waals surface area contributed by atoms with Gasteiger partial charge in [-0.1, -0.05) is 98.6 Å². The fraction of sp³-hybridized carbons (Fsp3) is 0.780. The summed E-state index contributed by atoms with van der Waals surface area (Å²) in [5, 5.41) is 22.3. The van der Waals surface area contributed by atoms with Gasteiger partial charge in [-0.25, -0.2) is 4.79 Å². The number of hydrogen-bond donors (Lipinski definition) is 2. The molecule has 268 valence electrons. The maximum atomic E-state index is 13.7. The molecule has 5 aliphatic carbocycles. The minimum Gasteiger partial charge on any atom is -0.481 e. The van der Waals surface area contributed by atoms with E-state index in [0.29, 0.717) is 37.0 Å². The molecule has 11 unspecified atom stereocenters. The summed E-state index contributed by atoms with van der Waals surface area (Å²) in [6.45, 7) is 21.3. The van der Waals surface area contributed by atoms with Crippen LogP contribution in [0.3, 0.4) is 0 Å². The highest BCUT2D eigenvalue weighted by Crippen LogP contribution is 2.76. The van der Waals surface area contributed by atoms with Crippen LogP contribution >= 0.6 is 0 Å². The van der Waals surface area contributed by atoms with Gasteiger partial charge in [-0.3, -0.25) is 9.59 Å². The van der Waals surface area contributed by atoms with Crippen molar-refractivity contribution in [1.82, 2.24) is 0 Å². The lowest BCUT2D eigenvalue weighted by Gasteiger charge is -2.71. The Labute approximate surface area is 289 Å². The number of carbonyl (C=O) groups excluding carboxylic acids is 2. The lowest BCUT2D eigenvalue weighted by Crippen LogP contribution is -2.69. The Balaban J connectivity index is 1.55. The van der Waals surface area contributed by atoms with Crippen LogP contribution in [-0.2, 0) is 23.9 Å². The molecule has 0 bridgehead atoms. The molecule has 4 fully saturated rings. The number of aliphatic hydroxyl groups is 1. The maximum Gasteiger partial charge on any atom is 0.331 e. The normalized spacial score (nSPS) is 43.6. The van der Waals surface area contributed by atoms with Gasteiger partial charge >= 0.3 is 17.9 Å². The zero-order valence-corrected chi connectivity index (χ0v) is 31.2. The van der Waals surface area contributed by atoms with Crippen molar-refractivity contribution in [3.8, 4) is 0 Å². The third kappa shape index (κ3) is 5.44. The minimum absolute atomic E-state index is 0.0522. The molecule has 0 heterocycles. The van der Waals surface area contributed by atoms with Crippen molar-refractivity contribution in [2.75, 3.05) is 0 Å². The van der Waals surface area contributed by atoms with Gasteiger partial charge in [-0.05, 0) is 90.8 Å². The van der Waals surface area contributed by atoms with Crippen molar-refractivity contribution >= 4 is 17.9 Å². The van der Waals surface area contributed by atoms with Gasteiger partial charge in [0.1, 0.15) is 11.5 Å². The second kappa shape index (κ2) is 12.4. The summed E-state index contributed by atoms with van der Waals surface area (Å²) in [7, 11) is 0. The van der Waals surface area contributed by atoms with Crippen molar-refractivity contribution < 1.29 is 34.1 Å². The number of carbonyl (C=O) groups is 3. The van der Waals surface area contributed by atoms with Gasteiger partial charge in [0.25, 0.3) is 0 Å². The van der Waals surface area contributed by atoms with Gasteiger partial charge in [0.2, 0.25) is 0 Å². The first kappa shape index (κ1) is 36.9. The van der Waals surface area contributed by atoms with Gasteiger partial charge in [0.15, 0.2) is 6.10 Å². The number of esters is 2. The third-order valence-corrected chi connectivity index (χ3v) is 15.2. The third-order valence-electron chi connectivity index (χ3n) is 15.2. The van der Waals surface area contributed by atoms with Gasteiger partial charge in [-0.2, -0.15) is 0 Å². The van der Waals surface area contributed by atoms with Crippen molar-refractivity contribution in [2.45, 2.75) is 145 Å². The summed E-state index contributed by atoms with van der Waals surface area (Å²) in [4.78, 5) is 39.7. The maximum absolute atomic E-state index is 13.7. The van der Waals surface area contributed by atoms with Crippen LogP contribution in [0.4, 0.5) is 0 Å². The molecule has 48 heavy (non-hydrogen) atoms. The van der Waals surface area contributed by atoms with Crippen LogP contribution in [0.5, 0.6) is 0 Å². The molecule has 11 atom stereocenters. The first-order valence-electron chi connectivity index (χ1n) is 18.6. The van der Waals surface area contributed by atoms with E-state index in [2.05, 4.69) is 54.5 Å². The SMILES string of the molecule is CCC(C)C=CC=CC(=O)OC1C(OC(C)=O)C2(C(=O)O)CCC3(C)C(=CCC4C5(C)CCC(O)C(C)(C)C5CCC43C)C2CC1(C)C. The predicted molar refractivity (Wildman–Crippen MR) is 187 cm³/mol. The molecule has 0 radical (unpaired) electrons. The second-order valence-corrected chi connectivity index (χ2v) is 18.3. The molecular weight excluding hydrogens is 604 g/mol. The molecule has 0 aliphatic heterocycles. The molecule has 0 aromatic heterocycles. The van der Waals surface area contributed by atoms with Crippen LogP contribution in [0.15, 0.2) is 36.0 Å². The topological polar surface area (TPSA) is 110 Å². The Morgan fingerprint density at radius 3 is 2.25 bits per heavy atom. The van der Waals surface area contributed by atoms with E-state index in [0.717, 1.165) is 38.5 Å². The average Bonchev–Trinajstić information content (AvgIpc) is 2.99. The van der Waals surface area contributed by atoms with E-state index in [1.54, 1.807) is 6.08 Å². The molecule has 7 heteroatoms. The monoisotopic (exact) mass is 666 g/mol. The number of aliphatic hydroxyl groups excluding tert-OH is 1. The summed E-state index contributed by atoms with van der Waals surface area (Å²) in [6, 6.07) is 0. The zero-order chi connectivity index (χ0) is 35.7. The number of hydrogen-bond acceptors (Lipinski definition) is 6. The number of fused-ring (bicyclic) bond motifs is 7. The van der Waals surface area contributed by atoms with E-state index in [4.69, 9.17) is 9.47 Å². The Kier molecular flexibility index (Phi) is 9.54. The quantitative estimate of drug-likeness (QED) is 0.121. The van der Waals surface area contributed by atoms with Crippen LogP contribution in [0.1, 0.15) is 127 Å². The highest BCUT2D eigenvalue weighted by Gasteiger charge is 2.73. The minimum atomic E-state index is -1.42. The number of carboxylic acid groups (broad SMARTS) is 1. The van der Waals surface area contributed by atoms with Gasteiger partial charge in [-0.15, -0.1) is 0 Å². The van der Waals surface area contributed by atoms with Crippen LogP contribution in [0, 0.1) is 56.2 Å². The molecule has 0 amide bonds. The first-order valence-corrected chi connectivity index (χ1v) is 18.6. The highest BCUT2D eigenvalue weighted by molar-refractivity contribution is 5.83. The van der Waals surface area contributed by atoms with E-state index < -0.39 is 40.9 Å². The smallest absolute Gasteiger partial charge is 0.331 e. The van der Waals surface area contributed by atoms with Gasteiger partial charge < -0.3 is 19.7 Å². The summed E-state index contributed by atoms with van der Waals surface area (Å²) in [5.74, 6) is -1.29. The van der Waals surface area contributed by atoms with Gasteiger partial charge in [0.05, 0.1) is 6.10 Å². The first-order chi connectivity index (χ1) is 22.2. The summed E-state index contributed by atoms with van der Waals surface area (Å²) in [5.41, 5.74) is -1.26. The predicted octanol–water partition coefficient (Wildman–Crippen LogP) is 8.46. The largest absolute Gasteiger partial charge is 0.481 e. The molecule has 0 saturated heterocycles. The van der Waals surface area contributed by atoms with E-state index in [1.165, 1.54) is 18.6 Å². The number of carboxylic acids is 1. The Morgan fingerprint density at radius 2 is 1.62 bits per heavy atom. The molecule has 5 rings (SSSR count). The van der Waals surface area contributed by atoms with Crippen LogP contribution in [0.2, 0.25) is 0 Å². The van der Waals surface area contributed by atoms with E-state index in [-0.39, 0.29) is 33.7 Å². The van der Waals surface area contributed by atoms with Crippen LogP contribution in [0.25, 0.3) is 0 Å². The van der Waals surface area contributed by atoms with Crippen LogP contribution < -0.4 is 0 Å². The average molecular weight is 667 g/mol. The number of rotatable bonds is 7. The fourth-order valence-electron chi connectivity index (χ4n) is 12.0. The second-order valence-electron chi connectivity index (χ2n) is 18.3. The fourth-order valence-corrected chi connectivity index (χ4v) is 12.0. The highest BCUT2D eigenvalue weighted by atomic mass is 16.6. The summed E-state index contributed by atoms with van der Waals surface area (Å²) >= 11 is 0. The molecule has 0 spiro atoms. The zero-order valence-electron chi connectivity index (χ0n) is 31.2. The van der Waals surface area contributed by atoms with Crippen molar-refractivity contribution in [1.29, 1.82) is 0 Å². The Hall–Kier alpha value is -2.41. The molecule has 7 nitrogen and oxygen atoms in total. The standard InChI is InChI=1S/C41H62O7/c1-11-25(2)14-12-13-15-32(44)48-33-34(47-26(3)42)41(35(45)46)23-22-39(9)27(28(41)24-36(33,4)5)16-17-30-38(8)20-19-31(43)37(6,7)29(38)18-21-40(30,39)10/h12-16,25,28-31,33-34,43H,11,17-24H2,1-10H3,(H,45,46). The molecule has 0 aromatic carbocycles. The number of allylic oxidation sites excluding steroid dienone is 5. The van der Waals surface area contributed by atoms with Crippen molar-refractivity contribution in [2.24, 2.45) is 56.2 Å². The van der Waals surface area contributed by atoms with E-state index in [9.17, 15) is 24.6 Å². The van der Waals surface area contributed by atoms with Crippen molar-refractivity contribution in [3.05, 3.63) is 36.0 Å². The molecule has 5 aliphatic rings. The lowest BCUT2D eigenvalue weighted by atomic mass is 9.33. The Morgan fingerprint density at radius 1 is 0.938 bits per heavy atom. The van der Waals surface area contributed by atoms with E-state index >= 15 is 0 Å². The lowest BCUT2D eigenvalue weighted by molar-refractivity contribution is -0.237.